The lowest BCUT2D eigenvalue weighted by atomic mass is 10.0. The van der Waals surface area contributed by atoms with Crippen molar-refractivity contribution in [3.63, 3.8) is 0 Å². The van der Waals surface area contributed by atoms with Gasteiger partial charge in [0.25, 0.3) is 0 Å². The zero-order valence-corrected chi connectivity index (χ0v) is 12.1. The average Bonchev–Trinajstić information content (AvgIpc) is 2.39. The van der Waals surface area contributed by atoms with Crippen LogP contribution in [-0.2, 0) is 0 Å². The van der Waals surface area contributed by atoms with E-state index in [0.717, 1.165) is 37.4 Å². The number of nitrogens with zero attached hydrogens (tertiary/aromatic N) is 1. The molecule has 1 atom stereocenters. The topological polar surface area (TPSA) is 38.5 Å². The molecule has 0 aliphatic rings. The second kappa shape index (κ2) is 7.39. The zero-order chi connectivity index (χ0) is 13.5. The van der Waals surface area contributed by atoms with Gasteiger partial charge in [-0.3, -0.25) is 0 Å². The SMILES string of the molecule is CCN(CC)CCC(N)c1cc(C)ccc1OC. The van der Waals surface area contributed by atoms with Crippen molar-refractivity contribution < 1.29 is 4.74 Å². The highest BCUT2D eigenvalue weighted by atomic mass is 16.5. The monoisotopic (exact) mass is 250 g/mol. The molecule has 0 amide bonds. The molecule has 0 heterocycles. The number of nitrogens with two attached hydrogens (primary N) is 1. The van der Waals surface area contributed by atoms with E-state index in [-0.39, 0.29) is 6.04 Å². The lowest BCUT2D eigenvalue weighted by Crippen LogP contribution is -2.27. The molecule has 0 aliphatic heterocycles. The second-order valence-electron chi connectivity index (χ2n) is 4.67. The van der Waals surface area contributed by atoms with E-state index >= 15 is 0 Å². The molecule has 0 bridgehead atoms. The van der Waals surface area contributed by atoms with Gasteiger partial charge >= 0.3 is 0 Å². The van der Waals surface area contributed by atoms with Crippen LogP contribution in [0.4, 0.5) is 0 Å². The summed E-state index contributed by atoms with van der Waals surface area (Å²) in [5.41, 5.74) is 8.63. The fraction of sp³-hybridized carbons (Fsp3) is 0.600. The van der Waals surface area contributed by atoms with E-state index < -0.39 is 0 Å². The van der Waals surface area contributed by atoms with Gasteiger partial charge in [0.05, 0.1) is 7.11 Å². The van der Waals surface area contributed by atoms with Crippen LogP contribution in [0.5, 0.6) is 5.75 Å². The maximum absolute atomic E-state index is 6.29. The van der Waals surface area contributed by atoms with Crippen molar-refractivity contribution in [2.24, 2.45) is 5.73 Å². The molecule has 0 aliphatic carbocycles. The van der Waals surface area contributed by atoms with Gasteiger partial charge in [0, 0.05) is 11.6 Å². The smallest absolute Gasteiger partial charge is 0.123 e. The van der Waals surface area contributed by atoms with Crippen LogP contribution < -0.4 is 10.5 Å². The molecule has 1 unspecified atom stereocenters. The van der Waals surface area contributed by atoms with Crippen LogP contribution in [0.15, 0.2) is 18.2 Å². The Morgan fingerprint density at radius 3 is 2.50 bits per heavy atom. The standard InChI is InChI=1S/C15H26N2O/c1-5-17(6-2)10-9-14(16)13-11-12(3)7-8-15(13)18-4/h7-8,11,14H,5-6,9-10,16H2,1-4H3. The molecular formula is C15H26N2O. The Morgan fingerprint density at radius 1 is 1.28 bits per heavy atom. The minimum atomic E-state index is 0.0421. The number of aryl methyl sites for hydroxylation is 1. The number of rotatable bonds is 7. The van der Waals surface area contributed by atoms with E-state index in [1.807, 2.05) is 6.07 Å². The second-order valence-corrected chi connectivity index (χ2v) is 4.67. The molecule has 18 heavy (non-hydrogen) atoms. The van der Waals surface area contributed by atoms with Gasteiger partial charge in [0.15, 0.2) is 0 Å². The Labute approximate surface area is 111 Å². The molecule has 1 aromatic rings. The van der Waals surface area contributed by atoms with Gasteiger partial charge in [-0.2, -0.15) is 0 Å². The highest BCUT2D eigenvalue weighted by Crippen LogP contribution is 2.26. The van der Waals surface area contributed by atoms with E-state index in [1.54, 1.807) is 7.11 Å². The maximum Gasteiger partial charge on any atom is 0.123 e. The Bertz CT molecular complexity index is 362. The average molecular weight is 250 g/mol. The fourth-order valence-electron chi connectivity index (χ4n) is 2.16. The summed E-state index contributed by atoms with van der Waals surface area (Å²) < 4.78 is 5.39. The first-order valence-corrected chi connectivity index (χ1v) is 6.74. The Balaban J connectivity index is 2.71. The number of methoxy groups -OCH3 is 1. The first-order chi connectivity index (χ1) is 8.62. The lowest BCUT2D eigenvalue weighted by molar-refractivity contribution is 0.289. The summed E-state index contributed by atoms with van der Waals surface area (Å²) in [4.78, 5) is 2.39. The Hall–Kier alpha value is -1.06. The summed E-state index contributed by atoms with van der Waals surface area (Å²) in [5.74, 6) is 0.896. The first-order valence-electron chi connectivity index (χ1n) is 6.74. The predicted molar refractivity (Wildman–Crippen MR) is 77.1 cm³/mol. The van der Waals surface area contributed by atoms with Crippen LogP contribution in [0.1, 0.15) is 37.4 Å². The molecule has 2 N–H and O–H groups in total. The van der Waals surface area contributed by atoms with E-state index in [1.165, 1.54) is 5.56 Å². The lowest BCUT2D eigenvalue weighted by Gasteiger charge is -2.22. The highest BCUT2D eigenvalue weighted by Gasteiger charge is 2.13. The van der Waals surface area contributed by atoms with Crippen molar-refractivity contribution in [2.45, 2.75) is 33.2 Å². The summed E-state index contributed by atoms with van der Waals surface area (Å²) in [6.07, 6.45) is 0.960. The summed E-state index contributed by atoms with van der Waals surface area (Å²) in [5, 5.41) is 0. The van der Waals surface area contributed by atoms with Crippen LogP contribution in [0.2, 0.25) is 0 Å². The predicted octanol–water partition coefficient (Wildman–Crippen LogP) is 2.74. The van der Waals surface area contributed by atoms with Gasteiger partial charge in [-0.15, -0.1) is 0 Å². The molecule has 3 nitrogen and oxygen atoms in total. The van der Waals surface area contributed by atoms with Gasteiger partial charge < -0.3 is 15.4 Å². The number of hydrogen-bond donors (Lipinski definition) is 1. The van der Waals surface area contributed by atoms with Crippen LogP contribution in [0, 0.1) is 6.92 Å². The van der Waals surface area contributed by atoms with Crippen LogP contribution >= 0.6 is 0 Å². The molecule has 102 valence electrons. The van der Waals surface area contributed by atoms with Gasteiger partial charge in [-0.05, 0) is 39.0 Å². The van der Waals surface area contributed by atoms with E-state index in [2.05, 4.69) is 37.8 Å². The third kappa shape index (κ3) is 4.00. The highest BCUT2D eigenvalue weighted by molar-refractivity contribution is 5.38. The largest absolute Gasteiger partial charge is 0.496 e. The number of benzene rings is 1. The number of ether oxygens (including phenoxy) is 1. The van der Waals surface area contributed by atoms with Crippen molar-refractivity contribution in [2.75, 3.05) is 26.7 Å². The van der Waals surface area contributed by atoms with E-state index in [0.29, 0.717) is 0 Å². The van der Waals surface area contributed by atoms with Gasteiger partial charge in [0.2, 0.25) is 0 Å². The zero-order valence-electron chi connectivity index (χ0n) is 12.1. The third-order valence-electron chi connectivity index (χ3n) is 3.44. The van der Waals surface area contributed by atoms with Crippen LogP contribution in [-0.4, -0.2) is 31.6 Å². The fourth-order valence-corrected chi connectivity index (χ4v) is 2.16. The minimum Gasteiger partial charge on any atom is -0.496 e. The van der Waals surface area contributed by atoms with E-state index in [4.69, 9.17) is 10.5 Å². The molecule has 0 fully saturated rings. The Kier molecular flexibility index (Phi) is 6.16. The summed E-state index contributed by atoms with van der Waals surface area (Å²) in [6.45, 7) is 9.64. The van der Waals surface area contributed by atoms with Crippen molar-refractivity contribution in [1.82, 2.24) is 4.90 Å². The van der Waals surface area contributed by atoms with Crippen molar-refractivity contribution in [3.05, 3.63) is 29.3 Å². The molecule has 0 aromatic heterocycles. The quantitative estimate of drug-likeness (QED) is 0.808. The summed E-state index contributed by atoms with van der Waals surface area (Å²) >= 11 is 0. The minimum absolute atomic E-state index is 0.0421. The van der Waals surface area contributed by atoms with Crippen molar-refractivity contribution in [1.29, 1.82) is 0 Å². The van der Waals surface area contributed by atoms with Gasteiger partial charge in [-0.1, -0.05) is 31.5 Å². The van der Waals surface area contributed by atoms with Crippen LogP contribution in [0.25, 0.3) is 0 Å². The molecule has 0 radical (unpaired) electrons. The molecule has 0 spiro atoms. The third-order valence-corrected chi connectivity index (χ3v) is 3.44. The summed E-state index contributed by atoms with van der Waals surface area (Å²) in [7, 11) is 1.70. The Morgan fingerprint density at radius 2 is 1.94 bits per heavy atom. The van der Waals surface area contributed by atoms with Crippen molar-refractivity contribution >= 4 is 0 Å². The maximum atomic E-state index is 6.29. The molecule has 3 heteroatoms. The molecule has 1 aromatic carbocycles. The molecular weight excluding hydrogens is 224 g/mol. The van der Waals surface area contributed by atoms with E-state index in [9.17, 15) is 0 Å². The molecule has 1 rings (SSSR count). The summed E-state index contributed by atoms with van der Waals surface area (Å²) in [6, 6.07) is 6.23. The van der Waals surface area contributed by atoms with Crippen LogP contribution in [0.3, 0.4) is 0 Å². The molecule has 0 saturated carbocycles. The molecule has 0 saturated heterocycles. The normalized spacial score (nSPS) is 12.8. The van der Waals surface area contributed by atoms with Gasteiger partial charge in [-0.25, -0.2) is 0 Å². The van der Waals surface area contributed by atoms with Crippen molar-refractivity contribution in [3.8, 4) is 5.75 Å². The number of hydrogen-bond acceptors (Lipinski definition) is 3. The first kappa shape index (κ1) is 15.0. The van der Waals surface area contributed by atoms with Gasteiger partial charge in [0.1, 0.15) is 5.75 Å².